The van der Waals surface area contributed by atoms with Crippen molar-refractivity contribution in [3.05, 3.63) is 84.3 Å². The maximum Gasteiger partial charge on any atom is 0.305 e. The van der Waals surface area contributed by atoms with Gasteiger partial charge in [-0.3, -0.25) is 25.2 Å². The van der Waals surface area contributed by atoms with Gasteiger partial charge in [-0.1, -0.05) is 24.3 Å². The van der Waals surface area contributed by atoms with Crippen LogP contribution in [0.15, 0.2) is 82.3 Å². The van der Waals surface area contributed by atoms with E-state index in [4.69, 9.17) is 4.42 Å². The van der Waals surface area contributed by atoms with Crippen LogP contribution in [0.2, 0.25) is 0 Å². The Hall–Kier alpha value is -3.59. The highest BCUT2D eigenvalue weighted by Crippen LogP contribution is 2.17. The van der Waals surface area contributed by atoms with Gasteiger partial charge in [0.1, 0.15) is 0 Å². The first kappa shape index (κ1) is 18.2. The molecular formula is C18H15N3O5S. The highest BCUT2D eigenvalue weighted by molar-refractivity contribution is 7.92. The van der Waals surface area contributed by atoms with Crippen LogP contribution in [0, 0.1) is 0 Å². The van der Waals surface area contributed by atoms with E-state index < -0.39 is 21.8 Å². The molecule has 1 aromatic heterocycles. The number of benzene rings is 2. The standard InChI is InChI=1S/C18H15N3O5S/c22-17(19-20-18(23)16-10-5-11-26-16)13-6-4-7-14(12-13)21-27(24,25)15-8-2-1-3-9-15/h1-12,21H,(H,19,22)(H,20,23). The first-order valence-corrected chi connectivity index (χ1v) is 9.26. The molecule has 0 aliphatic carbocycles. The van der Waals surface area contributed by atoms with E-state index in [9.17, 15) is 18.0 Å². The molecule has 3 aromatic rings. The highest BCUT2D eigenvalue weighted by Gasteiger charge is 2.15. The van der Waals surface area contributed by atoms with Gasteiger partial charge in [0.05, 0.1) is 11.2 Å². The minimum atomic E-state index is -3.77. The molecule has 8 nitrogen and oxygen atoms in total. The zero-order valence-corrected chi connectivity index (χ0v) is 14.7. The van der Waals surface area contributed by atoms with Gasteiger partial charge in [0.15, 0.2) is 5.76 Å². The third-order valence-corrected chi connectivity index (χ3v) is 4.86. The molecule has 0 radical (unpaired) electrons. The highest BCUT2D eigenvalue weighted by atomic mass is 32.2. The molecule has 0 unspecified atom stereocenters. The predicted molar refractivity (Wildman–Crippen MR) is 97.3 cm³/mol. The summed E-state index contributed by atoms with van der Waals surface area (Å²) in [6.45, 7) is 0. The predicted octanol–water partition coefficient (Wildman–Crippen LogP) is 2.16. The van der Waals surface area contributed by atoms with Gasteiger partial charge in [0.2, 0.25) is 0 Å². The van der Waals surface area contributed by atoms with Crippen molar-refractivity contribution in [1.82, 2.24) is 10.9 Å². The van der Waals surface area contributed by atoms with Gasteiger partial charge in [0.25, 0.3) is 15.9 Å². The molecule has 2 amide bonds. The zero-order valence-electron chi connectivity index (χ0n) is 13.9. The van der Waals surface area contributed by atoms with Gasteiger partial charge in [-0.2, -0.15) is 0 Å². The monoisotopic (exact) mass is 385 g/mol. The molecule has 9 heteroatoms. The average Bonchev–Trinajstić information content (AvgIpc) is 3.21. The third-order valence-electron chi connectivity index (χ3n) is 3.47. The number of carbonyl (C=O) groups is 2. The molecule has 3 rings (SSSR count). The van der Waals surface area contributed by atoms with Crippen LogP contribution in [-0.2, 0) is 10.0 Å². The topological polar surface area (TPSA) is 118 Å². The third kappa shape index (κ3) is 4.53. The summed E-state index contributed by atoms with van der Waals surface area (Å²) in [5.41, 5.74) is 4.81. The zero-order chi connectivity index (χ0) is 19.3. The molecule has 0 bridgehead atoms. The lowest BCUT2D eigenvalue weighted by Gasteiger charge is -2.10. The largest absolute Gasteiger partial charge is 0.459 e. The minimum absolute atomic E-state index is 0.0414. The van der Waals surface area contributed by atoms with Gasteiger partial charge >= 0.3 is 5.91 Å². The summed E-state index contributed by atoms with van der Waals surface area (Å²) in [4.78, 5) is 24.0. The number of furan rings is 1. The van der Waals surface area contributed by atoms with E-state index in [2.05, 4.69) is 15.6 Å². The first-order chi connectivity index (χ1) is 13.0. The summed E-state index contributed by atoms with van der Waals surface area (Å²) in [5, 5.41) is 0. The van der Waals surface area contributed by atoms with Crippen LogP contribution in [0.1, 0.15) is 20.9 Å². The minimum Gasteiger partial charge on any atom is -0.459 e. The number of carbonyl (C=O) groups excluding carboxylic acids is 2. The molecule has 0 fully saturated rings. The number of nitrogens with one attached hydrogen (secondary N) is 3. The van der Waals surface area contributed by atoms with E-state index in [0.29, 0.717) is 0 Å². The molecule has 0 saturated heterocycles. The normalized spacial score (nSPS) is 10.8. The summed E-state index contributed by atoms with van der Waals surface area (Å²) >= 11 is 0. The lowest BCUT2D eigenvalue weighted by molar-refractivity contribution is 0.0831. The summed E-state index contributed by atoms with van der Waals surface area (Å²) in [5.74, 6) is -1.19. The van der Waals surface area contributed by atoms with Crippen molar-refractivity contribution in [2.75, 3.05) is 4.72 Å². The molecule has 27 heavy (non-hydrogen) atoms. The van der Waals surface area contributed by atoms with Crippen molar-refractivity contribution in [3.63, 3.8) is 0 Å². The Morgan fingerprint density at radius 3 is 2.26 bits per heavy atom. The fraction of sp³-hybridized carbons (Fsp3) is 0. The quantitative estimate of drug-likeness (QED) is 0.582. The second-order valence-electron chi connectivity index (χ2n) is 5.38. The first-order valence-electron chi connectivity index (χ1n) is 7.78. The van der Waals surface area contributed by atoms with E-state index in [1.165, 1.54) is 48.7 Å². The number of hydrogen-bond acceptors (Lipinski definition) is 5. The van der Waals surface area contributed by atoms with Gasteiger partial charge in [-0.25, -0.2) is 8.42 Å². The van der Waals surface area contributed by atoms with Crippen LogP contribution in [0.5, 0.6) is 0 Å². The second-order valence-corrected chi connectivity index (χ2v) is 7.07. The van der Waals surface area contributed by atoms with Crippen LogP contribution in [0.3, 0.4) is 0 Å². The van der Waals surface area contributed by atoms with E-state index in [1.54, 1.807) is 24.3 Å². The maximum atomic E-state index is 12.4. The number of anilines is 1. The van der Waals surface area contributed by atoms with Crippen LogP contribution >= 0.6 is 0 Å². The summed E-state index contributed by atoms with van der Waals surface area (Å²) in [6, 6.07) is 16.7. The van der Waals surface area contributed by atoms with Gasteiger partial charge in [-0.15, -0.1) is 0 Å². The molecule has 1 heterocycles. The van der Waals surface area contributed by atoms with E-state index in [-0.39, 0.29) is 21.9 Å². The summed E-state index contributed by atoms with van der Waals surface area (Å²) in [6.07, 6.45) is 1.33. The maximum absolute atomic E-state index is 12.4. The Labute approximate surface area is 155 Å². The lowest BCUT2D eigenvalue weighted by atomic mass is 10.2. The van der Waals surface area contributed by atoms with E-state index in [1.807, 2.05) is 0 Å². The fourth-order valence-electron chi connectivity index (χ4n) is 2.19. The molecule has 0 spiro atoms. The average molecular weight is 385 g/mol. The van der Waals surface area contributed by atoms with Crippen LogP contribution < -0.4 is 15.6 Å². The second kappa shape index (κ2) is 7.75. The van der Waals surface area contributed by atoms with Crippen molar-refractivity contribution in [2.45, 2.75) is 4.90 Å². The molecule has 0 atom stereocenters. The Bertz CT molecular complexity index is 1050. The SMILES string of the molecule is O=C(NNC(=O)c1ccco1)c1cccc(NS(=O)(=O)c2ccccc2)c1. The summed E-state index contributed by atoms with van der Waals surface area (Å²) < 4.78 is 32.0. The number of hydrazine groups is 1. The van der Waals surface area contributed by atoms with Gasteiger partial charge < -0.3 is 4.42 Å². The molecule has 3 N–H and O–H groups in total. The van der Waals surface area contributed by atoms with Crippen LogP contribution in [0.4, 0.5) is 5.69 Å². The molecule has 0 aliphatic heterocycles. The Morgan fingerprint density at radius 2 is 1.56 bits per heavy atom. The molecular weight excluding hydrogens is 370 g/mol. The molecule has 0 saturated carbocycles. The summed E-state index contributed by atoms with van der Waals surface area (Å²) in [7, 11) is -3.77. The van der Waals surface area contributed by atoms with Gasteiger partial charge in [-0.05, 0) is 42.5 Å². The van der Waals surface area contributed by atoms with E-state index in [0.717, 1.165) is 0 Å². The molecule has 138 valence electrons. The number of sulfonamides is 1. The van der Waals surface area contributed by atoms with Crippen LogP contribution in [0.25, 0.3) is 0 Å². The molecule has 2 aromatic carbocycles. The number of hydrogen-bond donors (Lipinski definition) is 3. The van der Waals surface area contributed by atoms with Gasteiger partial charge in [0, 0.05) is 11.3 Å². The number of amides is 2. The van der Waals surface area contributed by atoms with Crippen molar-refractivity contribution in [3.8, 4) is 0 Å². The van der Waals surface area contributed by atoms with Crippen molar-refractivity contribution >= 4 is 27.5 Å². The lowest BCUT2D eigenvalue weighted by Crippen LogP contribution is -2.41. The smallest absolute Gasteiger partial charge is 0.305 e. The Morgan fingerprint density at radius 1 is 0.815 bits per heavy atom. The Kier molecular flexibility index (Phi) is 5.23. The van der Waals surface area contributed by atoms with Crippen molar-refractivity contribution < 1.29 is 22.4 Å². The van der Waals surface area contributed by atoms with Crippen molar-refractivity contribution in [2.24, 2.45) is 0 Å². The Balaban J connectivity index is 1.68. The van der Waals surface area contributed by atoms with Crippen LogP contribution in [-0.4, -0.2) is 20.2 Å². The van der Waals surface area contributed by atoms with Crippen molar-refractivity contribution in [1.29, 1.82) is 0 Å². The van der Waals surface area contributed by atoms with E-state index >= 15 is 0 Å². The molecule has 0 aliphatic rings. The number of rotatable bonds is 5. The fourth-order valence-corrected chi connectivity index (χ4v) is 3.26.